The number of nitrogens with one attached hydrogen (secondary N) is 1. The summed E-state index contributed by atoms with van der Waals surface area (Å²) >= 11 is 0. The molecular formula is C24H29FN2O2. The Bertz CT molecular complexity index is 786. The summed E-state index contributed by atoms with van der Waals surface area (Å²) in [6.45, 7) is 1.51. The first-order valence-electron chi connectivity index (χ1n) is 10.6. The van der Waals surface area contributed by atoms with Gasteiger partial charge in [0.15, 0.2) is 6.30 Å². The van der Waals surface area contributed by atoms with Gasteiger partial charge < -0.3 is 10.1 Å². The standard InChI is InChI=1S/C24H29FN2O2/c25-23-15-18(11-13-26-22-16-21(22)20-9-5-2-6-10-20)12-14-27(23)24(28)29-17-19-7-3-1-4-8-19/h1-10,18,21-23,26H,11-17H2/t18?,21-,22+,23?/m0/s1. The summed E-state index contributed by atoms with van der Waals surface area (Å²) in [6.07, 6.45) is 1.55. The van der Waals surface area contributed by atoms with E-state index in [1.54, 1.807) is 0 Å². The van der Waals surface area contributed by atoms with Gasteiger partial charge in [0, 0.05) is 24.9 Å². The van der Waals surface area contributed by atoms with E-state index >= 15 is 0 Å². The predicted molar refractivity (Wildman–Crippen MR) is 111 cm³/mol. The lowest BCUT2D eigenvalue weighted by Crippen LogP contribution is -2.44. The molecule has 1 saturated carbocycles. The van der Waals surface area contributed by atoms with Gasteiger partial charge in [0.05, 0.1) is 0 Å². The van der Waals surface area contributed by atoms with Crippen LogP contribution in [0.3, 0.4) is 0 Å². The molecule has 1 heterocycles. The van der Waals surface area contributed by atoms with Crippen molar-refractivity contribution in [2.24, 2.45) is 5.92 Å². The van der Waals surface area contributed by atoms with Crippen molar-refractivity contribution in [1.29, 1.82) is 0 Å². The van der Waals surface area contributed by atoms with Crippen LogP contribution in [0.4, 0.5) is 9.18 Å². The van der Waals surface area contributed by atoms with Crippen molar-refractivity contribution >= 4 is 6.09 Å². The number of amides is 1. The lowest BCUT2D eigenvalue weighted by molar-refractivity contribution is 0.00814. The first-order chi connectivity index (χ1) is 14.2. The molecule has 4 atom stereocenters. The zero-order chi connectivity index (χ0) is 20.1. The van der Waals surface area contributed by atoms with Gasteiger partial charge in [-0.05, 0) is 42.9 Å². The van der Waals surface area contributed by atoms with Crippen LogP contribution in [0.15, 0.2) is 60.7 Å². The Hall–Kier alpha value is -2.40. The molecule has 2 fully saturated rings. The molecule has 0 bridgehead atoms. The van der Waals surface area contributed by atoms with E-state index in [1.807, 2.05) is 36.4 Å². The van der Waals surface area contributed by atoms with Gasteiger partial charge in [-0.2, -0.15) is 0 Å². The second-order valence-corrected chi connectivity index (χ2v) is 8.16. The number of ether oxygens (including phenoxy) is 1. The largest absolute Gasteiger partial charge is 0.444 e. The van der Waals surface area contributed by atoms with E-state index < -0.39 is 12.4 Å². The SMILES string of the molecule is O=C(OCc1ccccc1)N1CCC(CCN[C@@H]2C[C@H]2c2ccccc2)CC1F. The van der Waals surface area contributed by atoms with Gasteiger partial charge in [-0.3, -0.25) is 4.90 Å². The Balaban J connectivity index is 1.14. The fraction of sp³-hybridized carbons (Fsp3) is 0.458. The number of carbonyl (C=O) groups excluding carboxylic acids is 1. The minimum absolute atomic E-state index is 0.181. The highest BCUT2D eigenvalue weighted by Gasteiger charge is 2.38. The Morgan fingerprint density at radius 2 is 1.79 bits per heavy atom. The number of hydrogen-bond donors (Lipinski definition) is 1. The number of rotatable bonds is 7. The monoisotopic (exact) mass is 396 g/mol. The van der Waals surface area contributed by atoms with Gasteiger partial charge >= 0.3 is 6.09 Å². The topological polar surface area (TPSA) is 41.6 Å². The highest BCUT2D eigenvalue weighted by atomic mass is 19.1. The van der Waals surface area contributed by atoms with Crippen LogP contribution in [-0.4, -0.2) is 36.4 Å². The quantitative estimate of drug-likeness (QED) is 0.679. The van der Waals surface area contributed by atoms with Gasteiger partial charge in [-0.1, -0.05) is 60.7 Å². The van der Waals surface area contributed by atoms with E-state index in [1.165, 1.54) is 16.9 Å². The van der Waals surface area contributed by atoms with Crippen molar-refractivity contribution in [2.45, 2.75) is 50.5 Å². The minimum Gasteiger partial charge on any atom is -0.444 e. The lowest BCUT2D eigenvalue weighted by atomic mass is 9.93. The molecule has 29 heavy (non-hydrogen) atoms. The number of alkyl halides is 1. The molecule has 154 valence electrons. The molecule has 2 aliphatic rings. The van der Waals surface area contributed by atoms with E-state index in [0.29, 0.717) is 30.8 Å². The highest BCUT2D eigenvalue weighted by Crippen LogP contribution is 2.40. The van der Waals surface area contributed by atoms with Crippen molar-refractivity contribution in [1.82, 2.24) is 10.2 Å². The van der Waals surface area contributed by atoms with E-state index in [9.17, 15) is 9.18 Å². The zero-order valence-electron chi connectivity index (χ0n) is 16.7. The van der Waals surface area contributed by atoms with Crippen LogP contribution in [0.25, 0.3) is 0 Å². The van der Waals surface area contributed by atoms with Crippen LogP contribution < -0.4 is 5.32 Å². The molecular weight excluding hydrogens is 367 g/mol. The van der Waals surface area contributed by atoms with Crippen molar-refractivity contribution in [3.8, 4) is 0 Å². The third-order valence-electron chi connectivity index (χ3n) is 6.06. The summed E-state index contributed by atoms with van der Waals surface area (Å²) in [5.74, 6) is 0.927. The number of hydrogen-bond acceptors (Lipinski definition) is 3. The van der Waals surface area contributed by atoms with Crippen molar-refractivity contribution < 1.29 is 13.9 Å². The maximum atomic E-state index is 14.6. The zero-order valence-corrected chi connectivity index (χ0v) is 16.7. The Kier molecular flexibility index (Phi) is 6.45. The van der Waals surface area contributed by atoms with Crippen LogP contribution in [-0.2, 0) is 11.3 Å². The normalized spacial score (nSPS) is 26.2. The smallest absolute Gasteiger partial charge is 0.412 e. The molecule has 1 aliphatic carbocycles. The molecule has 4 rings (SSSR count). The summed E-state index contributed by atoms with van der Waals surface area (Å²) in [5.41, 5.74) is 2.31. The molecule has 1 amide bonds. The van der Waals surface area contributed by atoms with Crippen LogP contribution in [0.2, 0.25) is 0 Å². The van der Waals surface area contributed by atoms with Crippen LogP contribution in [0.5, 0.6) is 0 Å². The van der Waals surface area contributed by atoms with Crippen LogP contribution >= 0.6 is 0 Å². The second-order valence-electron chi connectivity index (χ2n) is 8.16. The first-order valence-corrected chi connectivity index (χ1v) is 10.6. The second kappa shape index (κ2) is 9.40. The molecule has 1 N–H and O–H groups in total. The Morgan fingerprint density at radius 3 is 2.52 bits per heavy atom. The van der Waals surface area contributed by atoms with Crippen molar-refractivity contribution in [3.63, 3.8) is 0 Å². The van der Waals surface area contributed by atoms with Gasteiger partial charge in [0.25, 0.3) is 0 Å². The summed E-state index contributed by atoms with van der Waals surface area (Å²) in [6, 6.07) is 20.6. The van der Waals surface area contributed by atoms with Crippen LogP contribution in [0, 0.1) is 5.92 Å². The van der Waals surface area contributed by atoms with Gasteiger partial charge in [-0.25, -0.2) is 9.18 Å². The number of carbonyl (C=O) groups is 1. The van der Waals surface area contributed by atoms with E-state index in [2.05, 4.69) is 29.6 Å². The Labute approximate surface area is 172 Å². The van der Waals surface area contributed by atoms with Gasteiger partial charge in [0.1, 0.15) is 6.61 Å². The minimum atomic E-state index is -1.25. The van der Waals surface area contributed by atoms with Crippen LogP contribution in [0.1, 0.15) is 42.7 Å². The number of piperidine rings is 1. The van der Waals surface area contributed by atoms with Gasteiger partial charge in [-0.15, -0.1) is 0 Å². The predicted octanol–water partition coefficient (Wildman–Crippen LogP) is 4.87. The third kappa shape index (κ3) is 5.36. The Morgan fingerprint density at radius 1 is 1.07 bits per heavy atom. The number of halogens is 1. The molecule has 4 nitrogen and oxygen atoms in total. The average molecular weight is 397 g/mol. The number of nitrogens with zero attached hydrogens (tertiary/aromatic N) is 1. The summed E-state index contributed by atoms with van der Waals surface area (Å²) in [4.78, 5) is 13.5. The van der Waals surface area contributed by atoms with Crippen molar-refractivity contribution in [3.05, 3.63) is 71.8 Å². The van der Waals surface area contributed by atoms with Crippen molar-refractivity contribution in [2.75, 3.05) is 13.1 Å². The fourth-order valence-corrected chi connectivity index (χ4v) is 4.21. The third-order valence-corrected chi connectivity index (χ3v) is 6.06. The molecule has 0 radical (unpaired) electrons. The summed E-state index contributed by atoms with van der Waals surface area (Å²) < 4.78 is 19.8. The highest BCUT2D eigenvalue weighted by molar-refractivity contribution is 5.68. The molecule has 2 aromatic rings. The summed E-state index contributed by atoms with van der Waals surface area (Å²) in [5, 5.41) is 3.61. The molecule has 1 aliphatic heterocycles. The molecule has 1 saturated heterocycles. The van der Waals surface area contributed by atoms with E-state index in [-0.39, 0.29) is 6.61 Å². The lowest BCUT2D eigenvalue weighted by Gasteiger charge is -2.34. The maximum absolute atomic E-state index is 14.6. The number of benzene rings is 2. The molecule has 0 spiro atoms. The van der Waals surface area contributed by atoms with Gasteiger partial charge in [0.2, 0.25) is 0 Å². The van der Waals surface area contributed by atoms with E-state index in [4.69, 9.17) is 4.74 Å². The molecule has 2 aromatic carbocycles. The molecule has 5 heteroatoms. The number of likely N-dealkylation sites (tertiary alicyclic amines) is 1. The molecule has 2 unspecified atom stereocenters. The maximum Gasteiger partial charge on any atom is 0.412 e. The van der Waals surface area contributed by atoms with E-state index in [0.717, 1.165) is 24.9 Å². The first kappa shape index (κ1) is 19.9. The summed E-state index contributed by atoms with van der Waals surface area (Å²) in [7, 11) is 0. The fourth-order valence-electron chi connectivity index (χ4n) is 4.21. The molecule has 0 aromatic heterocycles. The average Bonchev–Trinajstić information content (AvgIpc) is 3.53.